The van der Waals surface area contributed by atoms with Crippen LogP contribution in [0.15, 0.2) is 18.2 Å². The Kier molecular flexibility index (Phi) is 6.93. The Bertz CT molecular complexity index is 541. The number of hydrogen-bond donors (Lipinski definition) is 2. The number of carbonyl (C=O) groups excluding carboxylic acids is 1. The van der Waals surface area contributed by atoms with Crippen LogP contribution in [-0.2, 0) is 0 Å². The first-order chi connectivity index (χ1) is 9.93. The molecular weight excluding hydrogens is 264 g/mol. The highest BCUT2D eigenvalue weighted by Crippen LogP contribution is 2.11. The van der Waals surface area contributed by atoms with E-state index in [2.05, 4.69) is 17.2 Å². The van der Waals surface area contributed by atoms with E-state index < -0.39 is 0 Å². The first-order valence-corrected chi connectivity index (χ1v) is 7.10. The summed E-state index contributed by atoms with van der Waals surface area (Å²) in [4.78, 5) is 14.4. The van der Waals surface area contributed by atoms with Crippen molar-refractivity contribution in [1.29, 1.82) is 0 Å². The molecule has 1 atom stereocenters. The van der Waals surface area contributed by atoms with Crippen LogP contribution >= 0.6 is 0 Å². The summed E-state index contributed by atoms with van der Waals surface area (Å²) >= 11 is 0. The van der Waals surface area contributed by atoms with Crippen molar-refractivity contribution in [3.63, 3.8) is 0 Å². The number of amides is 1. The molecule has 21 heavy (non-hydrogen) atoms. The SMILES string of the molecule is Cc1ccc(C(=O)NC(C)CN(C)C)c(C#CCCO)c1. The summed E-state index contributed by atoms with van der Waals surface area (Å²) in [5.74, 6) is 5.73. The second kappa shape index (κ2) is 8.46. The summed E-state index contributed by atoms with van der Waals surface area (Å²) in [6.07, 6.45) is 0.409. The zero-order valence-corrected chi connectivity index (χ0v) is 13.2. The first-order valence-electron chi connectivity index (χ1n) is 7.10. The number of hydrogen-bond acceptors (Lipinski definition) is 3. The van der Waals surface area contributed by atoms with Crippen LogP contribution in [0.5, 0.6) is 0 Å². The van der Waals surface area contributed by atoms with Gasteiger partial charge in [-0.15, -0.1) is 0 Å². The normalized spacial score (nSPS) is 11.7. The second-order valence-corrected chi connectivity index (χ2v) is 5.46. The molecule has 2 N–H and O–H groups in total. The monoisotopic (exact) mass is 288 g/mol. The molecule has 0 heterocycles. The van der Waals surface area contributed by atoms with Crippen LogP contribution in [0, 0.1) is 18.8 Å². The smallest absolute Gasteiger partial charge is 0.252 e. The molecule has 4 heteroatoms. The largest absolute Gasteiger partial charge is 0.395 e. The third kappa shape index (κ3) is 5.99. The van der Waals surface area contributed by atoms with Gasteiger partial charge in [-0.05, 0) is 45.6 Å². The Morgan fingerprint density at radius 2 is 2.14 bits per heavy atom. The van der Waals surface area contributed by atoms with Gasteiger partial charge in [-0.3, -0.25) is 4.79 Å². The molecule has 1 aromatic rings. The molecule has 0 radical (unpaired) electrons. The van der Waals surface area contributed by atoms with Crippen molar-refractivity contribution in [1.82, 2.24) is 10.2 Å². The topological polar surface area (TPSA) is 52.6 Å². The Hall–Kier alpha value is -1.83. The lowest BCUT2D eigenvalue weighted by Gasteiger charge is -2.18. The highest BCUT2D eigenvalue weighted by Gasteiger charge is 2.13. The summed E-state index contributed by atoms with van der Waals surface area (Å²) in [5, 5.41) is 11.8. The Morgan fingerprint density at radius 3 is 2.76 bits per heavy atom. The van der Waals surface area contributed by atoms with Crippen LogP contribution in [-0.4, -0.2) is 49.2 Å². The number of benzene rings is 1. The number of nitrogens with one attached hydrogen (secondary N) is 1. The minimum Gasteiger partial charge on any atom is -0.395 e. The third-order valence-electron chi connectivity index (χ3n) is 2.90. The number of aryl methyl sites for hydroxylation is 1. The van der Waals surface area contributed by atoms with Crippen molar-refractivity contribution >= 4 is 5.91 Å². The quantitative estimate of drug-likeness (QED) is 0.806. The van der Waals surface area contributed by atoms with E-state index in [-0.39, 0.29) is 18.6 Å². The van der Waals surface area contributed by atoms with E-state index in [4.69, 9.17) is 5.11 Å². The Labute approximate surface area is 127 Å². The summed E-state index contributed by atoms with van der Waals surface area (Å²) in [6.45, 7) is 4.75. The summed E-state index contributed by atoms with van der Waals surface area (Å²) in [6, 6.07) is 5.67. The van der Waals surface area contributed by atoms with Gasteiger partial charge in [-0.25, -0.2) is 0 Å². The predicted molar refractivity (Wildman–Crippen MR) is 85.2 cm³/mol. The number of aliphatic hydroxyl groups excluding tert-OH is 1. The minimum absolute atomic E-state index is 0.0280. The summed E-state index contributed by atoms with van der Waals surface area (Å²) in [5.41, 5.74) is 2.34. The van der Waals surface area contributed by atoms with Gasteiger partial charge in [-0.2, -0.15) is 0 Å². The van der Waals surface area contributed by atoms with Gasteiger partial charge in [0.15, 0.2) is 0 Å². The van der Waals surface area contributed by atoms with E-state index in [1.54, 1.807) is 6.07 Å². The molecule has 114 valence electrons. The van der Waals surface area contributed by atoms with Gasteiger partial charge in [0.25, 0.3) is 5.91 Å². The number of rotatable bonds is 5. The second-order valence-electron chi connectivity index (χ2n) is 5.46. The standard InChI is InChI=1S/C17H24N2O2/c1-13-8-9-16(15(11-13)7-5-6-10-20)17(21)18-14(2)12-19(3)4/h8-9,11,14,20H,6,10,12H2,1-4H3,(H,18,21). The molecule has 1 aromatic carbocycles. The van der Waals surface area contributed by atoms with E-state index in [1.807, 2.05) is 45.0 Å². The van der Waals surface area contributed by atoms with Crippen molar-refractivity contribution in [3.8, 4) is 11.8 Å². The number of nitrogens with zero attached hydrogens (tertiary/aromatic N) is 1. The van der Waals surface area contributed by atoms with Crippen LogP contribution in [0.25, 0.3) is 0 Å². The molecular formula is C17H24N2O2. The highest BCUT2D eigenvalue weighted by atomic mass is 16.2. The summed E-state index contributed by atoms with van der Waals surface area (Å²) < 4.78 is 0. The van der Waals surface area contributed by atoms with Gasteiger partial charge >= 0.3 is 0 Å². The van der Waals surface area contributed by atoms with Crippen molar-refractivity contribution < 1.29 is 9.90 Å². The van der Waals surface area contributed by atoms with Crippen molar-refractivity contribution in [3.05, 3.63) is 34.9 Å². The lowest BCUT2D eigenvalue weighted by molar-refractivity contribution is 0.0934. The van der Waals surface area contributed by atoms with E-state index >= 15 is 0 Å². The number of likely N-dealkylation sites (N-methyl/N-ethyl adjacent to an activating group) is 1. The molecule has 0 aliphatic heterocycles. The average molecular weight is 288 g/mol. The molecule has 0 saturated heterocycles. The van der Waals surface area contributed by atoms with E-state index in [9.17, 15) is 4.79 Å². The molecule has 1 unspecified atom stereocenters. The fraction of sp³-hybridized carbons (Fsp3) is 0.471. The van der Waals surface area contributed by atoms with Gasteiger partial charge in [0.1, 0.15) is 0 Å². The lowest BCUT2D eigenvalue weighted by atomic mass is 10.0. The molecule has 1 amide bonds. The average Bonchev–Trinajstić information content (AvgIpc) is 2.37. The zero-order chi connectivity index (χ0) is 15.8. The molecule has 0 aromatic heterocycles. The molecule has 4 nitrogen and oxygen atoms in total. The number of carbonyl (C=O) groups is 1. The van der Waals surface area contributed by atoms with Gasteiger partial charge in [0.05, 0.1) is 12.2 Å². The predicted octanol–water partition coefficient (Wildman–Crippen LogP) is 1.41. The molecule has 0 fully saturated rings. The lowest BCUT2D eigenvalue weighted by Crippen LogP contribution is -2.39. The Balaban J connectivity index is 2.91. The van der Waals surface area contributed by atoms with Gasteiger partial charge in [-0.1, -0.05) is 17.9 Å². The van der Waals surface area contributed by atoms with Crippen molar-refractivity contribution in [2.24, 2.45) is 0 Å². The maximum absolute atomic E-state index is 12.4. The van der Waals surface area contributed by atoms with Crippen LogP contribution in [0.1, 0.15) is 34.8 Å². The summed E-state index contributed by atoms with van der Waals surface area (Å²) in [7, 11) is 3.95. The molecule has 0 bridgehead atoms. The van der Waals surface area contributed by atoms with Crippen molar-refractivity contribution in [2.75, 3.05) is 27.2 Å². The first kappa shape index (κ1) is 17.2. The molecule has 0 aliphatic carbocycles. The van der Waals surface area contributed by atoms with Gasteiger partial charge in [0, 0.05) is 24.6 Å². The maximum atomic E-state index is 12.4. The molecule has 0 saturated carbocycles. The minimum atomic E-state index is -0.113. The van der Waals surface area contributed by atoms with Crippen LogP contribution < -0.4 is 5.32 Å². The van der Waals surface area contributed by atoms with Crippen LogP contribution in [0.3, 0.4) is 0 Å². The molecule has 0 spiro atoms. The van der Waals surface area contributed by atoms with Crippen molar-refractivity contribution in [2.45, 2.75) is 26.3 Å². The maximum Gasteiger partial charge on any atom is 0.252 e. The van der Waals surface area contributed by atoms with Crippen LogP contribution in [0.4, 0.5) is 0 Å². The van der Waals surface area contributed by atoms with E-state index in [1.165, 1.54) is 0 Å². The fourth-order valence-electron chi connectivity index (χ4n) is 2.07. The number of aliphatic hydroxyl groups is 1. The van der Waals surface area contributed by atoms with E-state index in [0.717, 1.165) is 12.1 Å². The highest BCUT2D eigenvalue weighted by molar-refractivity contribution is 5.97. The Morgan fingerprint density at radius 1 is 1.43 bits per heavy atom. The van der Waals surface area contributed by atoms with Gasteiger partial charge in [0.2, 0.25) is 0 Å². The fourth-order valence-corrected chi connectivity index (χ4v) is 2.07. The zero-order valence-electron chi connectivity index (χ0n) is 13.2. The van der Waals surface area contributed by atoms with Gasteiger partial charge < -0.3 is 15.3 Å². The third-order valence-corrected chi connectivity index (χ3v) is 2.90. The molecule has 0 aliphatic rings. The molecule has 1 rings (SSSR count). The van der Waals surface area contributed by atoms with E-state index in [0.29, 0.717) is 17.5 Å². The van der Waals surface area contributed by atoms with Crippen LogP contribution in [0.2, 0.25) is 0 Å².